The standard InChI is InChI=1S/C10H13F2NS/c11-10(12)3-5-13(6-4-10)8-9-2-1-7-14-9/h1-2,7H,3-6,8H2. The van der Waals surface area contributed by atoms with Crippen molar-refractivity contribution in [1.82, 2.24) is 4.90 Å². The molecule has 0 radical (unpaired) electrons. The van der Waals surface area contributed by atoms with Crippen LogP contribution in [-0.2, 0) is 6.54 Å². The SMILES string of the molecule is FC1(F)CCN(Cc2cccs2)CC1. The number of hydrogen-bond acceptors (Lipinski definition) is 2. The average molecular weight is 217 g/mol. The van der Waals surface area contributed by atoms with E-state index in [0.717, 1.165) is 6.54 Å². The zero-order valence-electron chi connectivity index (χ0n) is 7.88. The Balaban J connectivity index is 1.85. The smallest absolute Gasteiger partial charge is 0.250 e. The Bertz CT molecular complexity index is 274. The second-order valence-corrected chi connectivity index (χ2v) is 4.74. The molecule has 4 heteroatoms. The van der Waals surface area contributed by atoms with Gasteiger partial charge in [-0.05, 0) is 11.4 Å². The van der Waals surface area contributed by atoms with Gasteiger partial charge in [-0.15, -0.1) is 11.3 Å². The first-order valence-electron chi connectivity index (χ1n) is 4.78. The summed E-state index contributed by atoms with van der Waals surface area (Å²) in [6.07, 6.45) is 0.0246. The highest BCUT2D eigenvalue weighted by Gasteiger charge is 2.33. The molecule has 14 heavy (non-hydrogen) atoms. The predicted octanol–water partition coefficient (Wildman–Crippen LogP) is 2.98. The number of nitrogens with zero attached hydrogens (tertiary/aromatic N) is 1. The molecule has 0 amide bonds. The van der Waals surface area contributed by atoms with Crippen LogP contribution in [0.15, 0.2) is 17.5 Å². The fourth-order valence-electron chi connectivity index (χ4n) is 1.66. The summed E-state index contributed by atoms with van der Waals surface area (Å²) in [6.45, 7) is 1.86. The third kappa shape index (κ3) is 2.51. The van der Waals surface area contributed by atoms with E-state index in [9.17, 15) is 8.78 Å². The molecule has 1 aliphatic heterocycles. The summed E-state index contributed by atoms with van der Waals surface area (Å²) in [7, 11) is 0. The second kappa shape index (κ2) is 3.95. The van der Waals surface area contributed by atoms with Crippen molar-refractivity contribution in [3.05, 3.63) is 22.4 Å². The van der Waals surface area contributed by atoms with E-state index in [4.69, 9.17) is 0 Å². The van der Waals surface area contributed by atoms with Gasteiger partial charge in [0.15, 0.2) is 0 Å². The summed E-state index contributed by atoms with van der Waals surface area (Å²) in [5.74, 6) is -2.42. The van der Waals surface area contributed by atoms with Crippen molar-refractivity contribution in [2.24, 2.45) is 0 Å². The van der Waals surface area contributed by atoms with Gasteiger partial charge in [-0.2, -0.15) is 0 Å². The number of alkyl halides is 2. The van der Waals surface area contributed by atoms with Crippen molar-refractivity contribution >= 4 is 11.3 Å². The van der Waals surface area contributed by atoms with Gasteiger partial charge in [-0.1, -0.05) is 6.07 Å². The molecule has 0 aromatic carbocycles. The zero-order valence-corrected chi connectivity index (χ0v) is 8.70. The summed E-state index contributed by atoms with van der Waals surface area (Å²) in [5, 5.41) is 2.02. The van der Waals surface area contributed by atoms with Crippen LogP contribution in [-0.4, -0.2) is 23.9 Å². The van der Waals surface area contributed by atoms with Crippen molar-refractivity contribution in [3.8, 4) is 0 Å². The molecule has 0 aliphatic carbocycles. The minimum atomic E-state index is -2.42. The first-order valence-corrected chi connectivity index (χ1v) is 5.66. The Morgan fingerprint density at radius 2 is 2.07 bits per heavy atom. The Kier molecular flexibility index (Phi) is 2.83. The number of rotatable bonds is 2. The first-order chi connectivity index (χ1) is 6.66. The topological polar surface area (TPSA) is 3.24 Å². The number of halogens is 2. The van der Waals surface area contributed by atoms with Crippen molar-refractivity contribution in [3.63, 3.8) is 0 Å². The summed E-state index contributed by atoms with van der Waals surface area (Å²) in [6, 6.07) is 4.05. The second-order valence-electron chi connectivity index (χ2n) is 3.71. The third-order valence-corrected chi connectivity index (χ3v) is 3.41. The van der Waals surface area contributed by atoms with Gasteiger partial charge in [0.05, 0.1) is 0 Å². The number of hydrogen-bond donors (Lipinski definition) is 0. The number of thiophene rings is 1. The van der Waals surface area contributed by atoms with Crippen LogP contribution >= 0.6 is 11.3 Å². The predicted molar refractivity (Wildman–Crippen MR) is 53.8 cm³/mol. The summed E-state index contributed by atoms with van der Waals surface area (Å²) in [5.41, 5.74) is 0. The molecule has 2 rings (SSSR count). The zero-order chi connectivity index (χ0) is 10.0. The molecule has 0 bridgehead atoms. The van der Waals surface area contributed by atoms with Gasteiger partial charge >= 0.3 is 0 Å². The largest absolute Gasteiger partial charge is 0.298 e. The molecule has 1 saturated heterocycles. The molecule has 0 saturated carbocycles. The molecule has 2 heterocycles. The van der Waals surface area contributed by atoms with Crippen LogP contribution in [0, 0.1) is 0 Å². The van der Waals surface area contributed by atoms with Crippen LogP contribution in [0.25, 0.3) is 0 Å². The quantitative estimate of drug-likeness (QED) is 0.736. The molecule has 1 fully saturated rings. The van der Waals surface area contributed by atoms with Crippen LogP contribution in [0.2, 0.25) is 0 Å². The molecule has 78 valence electrons. The van der Waals surface area contributed by atoms with Crippen LogP contribution < -0.4 is 0 Å². The molecule has 0 N–H and O–H groups in total. The number of piperidine rings is 1. The van der Waals surface area contributed by atoms with E-state index in [1.165, 1.54) is 4.88 Å². The summed E-state index contributed by atoms with van der Waals surface area (Å²) < 4.78 is 25.7. The fourth-order valence-corrected chi connectivity index (χ4v) is 2.41. The maximum Gasteiger partial charge on any atom is 0.250 e. The van der Waals surface area contributed by atoms with E-state index in [1.807, 2.05) is 11.4 Å². The van der Waals surface area contributed by atoms with E-state index >= 15 is 0 Å². The molecule has 1 aromatic rings. The Morgan fingerprint density at radius 3 is 2.64 bits per heavy atom. The summed E-state index contributed by atoms with van der Waals surface area (Å²) >= 11 is 1.69. The van der Waals surface area contributed by atoms with Crippen molar-refractivity contribution in [2.75, 3.05) is 13.1 Å². The Hall–Kier alpha value is -0.480. The lowest BCUT2D eigenvalue weighted by molar-refractivity contribution is -0.0564. The van der Waals surface area contributed by atoms with E-state index in [2.05, 4.69) is 11.0 Å². The molecule has 1 nitrogen and oxygen atoms in total. The lowest BCUT2D eigenvalue weighted by Gasteiger charge is -2.31. The molecular weight excluding hydrogens is 204 g/mol. The maximum absolute atomic E-state index is 12.8. The minimum absolute atomic E-state index is 0.0123. The van der Waals surface area contributed by atoms with Gasteiger partial charge in [0.1, 0.15) is 0 Å². The molecule has 0 spiro atoms. The van der Waals surface area contributed by atoms with E-state index in [0.29, 0.717) is 13.1 Å². The first kappa shape index (κ1) is 10.1. The Morgan fingerprint density at radius 1 is 1.36 bits per heavy atom. The molecule has 1 aliphatic rings. The van der Waals surface area contributed by atoms with E-state index in [1.54, 1.807) is 11.3 Å². The average Bonchev–Trinajstić information content (AvgIpc) is 2.61. The van der Waals surface area contributed by atoms with Crippen molar-refractivity contribution < 1.29 is 8.78 Å². The van der Waals surface area contributed by atoms with Gasteiger partial charge in [-0.25, -0.2) is 8.78 Å². The van der Waals surface area contributed by atoms with Gasteiger partial charge in [0.2, 0.25) is 0 Å². The highest BCUT2D eigenvalue weighted by atomic mass is 32.1. The highest BCUT2D eigenvalue weighted by molar-refractivity contribution is 7.09. The van der Waals surface area contributed by atoms with Gasteiger partial charge in [0, 0.05) is 37.4 Å². The monoisotopic (exact) mass is 217 g/mol. The van der Waals surface area contributed by atoms with Crippen molar-refractivity contribution in [2.45, 2.75) is 25.3 Å². The van der Waals surface area contributed by atoms with E-state index in [-0.39, 0.29) is 12.8 Å². The highest BCUT2D eigenvalue weighted by Crippen LogP contribution is 2.28. The normalized spacial score (nSPS) is 22.4. The lowest BCUT2D eigenvalue weighted by Crippen LogP contribution is -2.38. The Labute approximate surface area is 86.3 Å². The van der Waals surface area contributed by atoms with Crippen LogP contribution in [0.1, 0.15) is 17.7 Å². The fraction of sp³-hybridized carbons (Fsp3) is 0.600. The van der Waals surface area contributed by atoms with Gasteiger partial charge < -0.3 is 0 Å². The summed E-state index contributed by atoms with van der Waals surface area (Å²) in [4.78, 5) is 3.36. The lowest BCUT2D eigenvalue weighted by atomic mass is 10.1. The van der Waals surface area contributed by atoms with Crippen LogP contribution in [0.4, 0.5) is 8.78 Å². The maximum atomic E-state index is 12.8. The van der Waals surface area contributed by atoms with E-state index < -0.39 is 5.92 Å². The molecular formula is C10H13F2NS. The van der Waals surface area contributed by atoms with Gasteiger partial charge in [0.25, 0.3) is 5.92 Å². The molecule has 1 aromatic heterocycles. The third-order valence-electron chi connectivity index (χ3n) is 2.55. The van der Waals surface area contributed by atoms with Crippen LogP contribution in [0.3, 0.4) is 0 Å². The van der Waals surface area contributed by atoms with Crippen LogP contribution in [0.5, 0.6) is 0 Å². The molecule has 0 atom stereocenters. The van der Waals surface area contributed by atoms with Gasteiger partial charge in [-0.3, -0.25) is 4.90 Å². The van der Waals surface area contributed by atoms with Crippen molar-refractivity contribution in [1.29, 1.82) is 0 Å². The molecule has 0 unspecified atom stereocenters. The minimum Gasteiger partial charge on any atom is -0.298 e. The number of likely N-dealkylation sites (tertiary alicyclic amines) is 1.